The fourth-order valence-electron chi connectivity index (χ4n) is 16.5. The molecule has 1 unspecified atom stereocenters. The van der Waals surface area contributed by atoms with E-state index in [0.29, 0.717) is 142 Å². The van der Waals surface area contributed by atoms with Crippen LogP contribution in [0.3, 0.4) is 0 Å². The van der Waals surface area contributed by atoms with Gasteiger partial charge in [-0.25, -0.2) is 22.4 Å². The molecule has 0 saturated carbocycles. The smallest absolute Gasteiger partial charge is 0.338 e. The Morgan fingerprint density at radius 1 is 0.447 bits per heavy atom. The summed E-state index contributed by atoms with van der Waals surface area (Å²) in [6.45, 7) is 5.85. The molecule has 132 heavy (non-hydrogen) atoms. The van der Waals surface area contributed by atoms with Gasteiger partial charge >= 0.3 is 5.97 Å². The van der Waals surface area contributed by atoms with Crippen molar-refractivity contribution in [2.45, 2.75) is 85.5 Å². The normalized spacial score (nSPS) is 13.0. The van der Waals surface area contributed by atoms with E-state index in [-0.39, 0.29) is 149 Å². The molecule has 0 bridgehead atoms. The van der Waals surface area contributed by atoms with Gasteiger partial charge < -0.3 is 91.5 Å². The number of benzene rings is 11. The first-order valence-electron chi connectivity index (χ1n) is 41.3. The molecule has 0 radical (unpaired) electrons. The molecule has 4 aromatic heterocycles. The Balaban J connectivity index is 0.000000129. The third-order valence-electron chi connectivity index (χ3n) is 22.6. The third-order valence-corrected chi connectivity index (χ3v) is 22.6. The molecule has 15 aromatic rings. The van der Waals surface area contributed by atoms with Crippen molar-refractivity contribution in [3.63, 3.8) is 0 Å². The topological polar surface area (TPSA) is 368 Å². The number of hydrogen-bond donors (Lipinski definition) is 5. The fraction of sp³-hybridized carbons (Fsp3) is 0.194. The van der Waals surface area contributed by atoms with Gasteiger partial charge in [0, 0.05) is 101 Å². The number of ether oxygens (including phenoxy) is 9. The summed E-state index contributed by atoms with van der Waals surface area (Å²) in [5, 5.41) is 59.4. The van der Waals surface area contributed by atoms with Gasteiger partial charge in [-0.15, -0.1) is 19.6 Å². The number of aromatic hydroxyl groups is 4. The average Bonchev–Trinajstić information content (AvgIpc) is 1.61. The van der Waals surface area contributed by atoms with Crippen LogP contribution in [-0.2, 0) is 82.8 Å². The fourth-order valence-corrected chi connectivity index (χ4v) is 16.5. The largest absolute Gasteiger partial charge is 0.493 e. The second-order valence-electron chi connectivity index (χ2n) is 30.7. The van der Waals surface area contributed by atoms with Crippen molar-refractivity contribution in [3.8, 4) is 58.4 Å². The maximum atomic E-state index is 14.3. The Kier molecular flexibility index (Phi) is 26.8. The molecule has 11 aromatic carbocycles. The number of nitrogens with one attached hydrogen (secondary N) is 1. The molecule has 1 atom stereocenters. The maximum Gasteiger partial charge on any atom is 0.338 e. The molecule has 19 rings (SSSR count). The highest BCUT2D eigenvalue weighted by Crippen LogP contribution is 2.47. The molecule has 2 amide bonds. The van der Waals surface area contributed by atoms with Crippen molar-refractivity contribution in [3.05, 3.63) is 339 Å². The van der Waals surface area contributed by atoms with E-state index in [2.05, 4.69) is 37.9 Å². The van der Waals surface area contributed by atoms with Crippen molar-refractivity contribution in [1.82, 2.24) is 28.5 Å². The van der Waals surface area contributed by atoms with Crippen LogP contribution in [0.4, 0.5) is 40.3 Å². The van der Waals surface area contributed by atoms with E-state index in [1.54, 1.807) is 71.6 Å². The van der Waals surface area contributed by atoms with Gasteiger partial charge in [0.1, 0.15) is 46.3 Å². The van der Waals surface area contributed by atoms with Crippen molar-refractivity contribution in [1.29, 1.82) is 0 Å². The second kappa shape index (κ2) is 39.7. The number of carbonyl (C=O) groups excluding carboxylic acids is 3. The Hall–Kier alpha value is -16.1. The molecule has 0 saturated heterocycles. The van der Waals surface area contributed by atoms with Crippen LogP contribution in [0.15, 0.2) is 233 Å². The minimum absolute atomic E-state index is 0.00288. The molecule has 30 nitrogen and oxygen atoms in total. The lowest BCUT2D eigenvalue weighted by atomic mass is 10.0. The van der Waals surface area contributed by atoms with Gasteiger partial charge in [-0.3, -0.25) is 9.59 Å². The number of amides is 2. The van der Waals surface area contributed by atoms with Crippen LogP contribution in [0.5, 0.6) is 46.5 Å². The molecular formula is C98H80F4N10O20. The zero-order valence-electron chi connectivity index (χ0n) is 70.7. The van der Waals surface area contributed by atoms with E-state index in [1.165, 1.54) is 80.0 Å². The van der Waals surface area contributed by atoms with Crippen LogP contribution in [0, 0.1) is 54.7 Å². The van der Waals surface area contributed by atoms with Gasteiger partial charge in [0.05, 0.1) is 93.4 Å². The first kappa shape index (κ1) is 89.3. The SMILES string of the molecule is CCC(NC(=O)c1ccc2c(N=O)c(O)n(Cc3cc(F)cc4c3OCOC4)c2c1)c1ccccc1.CCN(Cc1ccccc1)C(=O)c1ccc2c(N=O)c(O)n(Cc3cc(F)cc4c3OCOC4)c2c1.COC(=O)c1cccc2c1c(N=O)c(O)n2Cc1cc(F)cc2c1OCOC2.O=Nc1c(O)n(Cc2cc(F)cc3c2OCOC3)c2cccc(C#Cc3ccccc3)c12. The molecule has 0 spiro atoms. The molecule has 4 aliphatic heterocycles. The van der Waals surface area contributed by atoms with E-state index >= 15 is 0 Å². The van der Waals surface area contributed by atoms with Crippen molar-refractivity contribution in [2.75, 3.05) is 40.8 Å². The highest BCUT2D eigenvalue weighted by molar-refractivity contribution is 6.10. The lowest BCUT2D eigenvalue weighted by Crippen LogP contribution is -2.30. The van der Waals surface area contributed by atoms with Crippen molar-refractivity contribution < 1.29 is 95.0 Å². The number of rotatable bonds is 21. The third kappa shape index (κ3) is 18.4. The molecular weight excluding hydrogens is 1710 g/mol. The highest BCUT2D eigenvalue weighted by Gasteiger charge is 2.31. The number of esters is 1. The summed E-state index contributed by atoms with van der Waals surface area (Å²) in [6.07, 6.45) is 0.697. The molecule has 5 N–H and O–H groups in total. The maximum absolute atomic E-state index is 14.3. The zero-order chi connectivity index (χ0) is 92.4. The number of hydrogen-bond acceptors (Lipinski definition) is 24. The predicted molar refractivity (Wildman–Crippen MR) is 477 cm³/mol. The average molecular weight is 1790 g/mol. The first-order chi connectivity index (χ1) is 64.2. The van der Waals surface area contributed by atoms with Crippen LogP contribution in [0.1, 0.15) is 124 Å². The van der Waals surface area contributed by atoms with Gasteiger partial charge in [0.15, 0.2) is 49.9 Å². The Labute approximate surface area is 748 Å². The second-order valence-corrected chi connectivity index (χ2v) is 30.7. The summed E-state index contributed by atoms with van der Waals surface area (Å²) < 4.78 is 111. The van der Waals surface area contributed by atoms with E-state index in [0.717, 1.165) is 16.7 Å². The summed E-state index contributed by atoms with van der Waals surface area (Å²) >= 11 is 0. The van der Waals surface area contributed by atoms with Gasteiger partial charge in [0.25, 0.3) is 11.8 Å². The van der Waals surface area contributed by atoms with Crippen LogP contribution in [0.25, 0.3) is 43.6 Å². The van der Waals surface area contributed by atoms with Crippen molar-refractivity contribution in [2.24, 2.45) is 20.7 Å². The quantitative estimate of drug-likeness (QED) is 0.0193. The number of nitroso groups, excluding NO2 is 4. The lowest BCUT2D eigenvalue weighted by Gasteiger charge is -2.22. The minimum Gasteiger partial charge on any atom is -0.493 e. The number of halogens is 4. The zero-order valence-corrected chi connectivity index (χ0v) is 70.7. The molecule has 34 heteroatoms. The molecule has 670 valence electrons. The van der Waals surface area contributed by atoms with Crippen LogP contribution in [0.2, 0.25) is 0 Å². The summed E-state index contributed by atoms with van der Waals surface area (Å²) in [6, 6.07) is 58.8. The summed E-state index contributed by atoms with van der Waals surface area (Å²) in [4.78, 5) is 86.4. The highest BCUT2D eigenvalue weighted by atomic mass is 19.1. The van der Waals surface area contributed by atoms with Gasteiger partial charge in [0.2, 0.25) is 23.5 Å². The Morgan fingerprint density at radius 3 is 1.27 bits per heavy atom. The summed E-state index contributed by atoms with van der Waals surface area (Å²) in [5.41, 5.74) is 9.41. The summed E-state index contributed by atoms with van der Waals surface area (Å²) in [7, 11) is 1.21. The molecule has 8 heterocycles. The van der Waals surface area contributed by atoms with E-state index in [4.69, 9.17) is 42.6 Å². The first-order valence-corrected chi connectivity index (χ1v) is 41.3. The number of carbonyl (C=O) groups is 3. The lowest BCUT2D eigenvalue weighted by molar-refractivity contribution is -0.0174. The monoisotopic (exact) mass is 1790 g/mol. The minimum atomic E-state index is -0.670. The standard InChI is InChI=1S/2C27H24FN3O5.C25H17FN2O4.C19H15FN2O6/c1-2-30(13-17-6-4-3-5-7-17)26(32)18-8-9-22-23(12-18)31(27(33)24(22)29-34)14-19-10-21(28)11-20-15-35-16-36-25(19)20;1-2-22(16-6-4-3-5-7-16)29-26(32)17-8-9-21-23(12-17)31(27(33)24(21)30-34)13-18-10-20(28)11-19-14-35-15-36-25(18)19;26-20-11-18(24-19(12-20)14-31-15-32-24)13-28-21-8-4-7-17(22(21)23(27-30)25(28)29)10-9-16-5-2-1-3-6-16;1-26-19(24)13-3-2-4-14-15(13)16(21-25)18(23)22(14)7-10-5-12(20)6-11-8-27-9-28-17(10)11/h3-12,33H,2,13-16H2,1H3;3-12,22,33H,2,13-15H2,1H3,(H,29,32);1-8,11-12,29H,13-15H2;2-6,23H,7-9H2,1H3. The predicted octanol–water partition coefficient (Wildman–Crippen LogP) is 19.9. The van der Waals surface area contributed by atoms with Gasteiger partial charge in [-0.2, -0.15) is 0 Å². The van der Waals surface area contributed by atoms with E-state index in [9.17, 15) is 72.0 Å². The van der Waals surface area contributed by atoms with Crippen LogP contribution < -0.4 is 24.3 Å². The van der Waals surface area contributed by atoms with Crippen LogP contribution in [-0.4, -0.2) is 102 Å². The van der Waals surface area contributed by atoms with Gasteiger partial charge in [-0.05, 0) is 167 Å². The molecule has 0 aliphatic carbocycles. The van der Waals surface area contributed by atoms with E-state index < -0.39 is 35.1 Å². The summed E-state index contributed by atoms with van der Waals surface area (Å²) in [5.74, 6) is 3.50. The van der Waals surface area contributed by atoms with E-state index in [1.807, 2.05) is 105 Å². The molecule has 0 fully saturated rings. The van der Waals surface area contributed by atoms with Crippen molar-refractivity contribution >= 4 is 84.1 Å². The number of fused-ring (bicyclic) bond motifs is 8. The molecule has 4 aliphatic rings. The number of aromatic nitrogens is 4. The Morgan fingerprint density at radius 2 is 0.841 bits per heavy atom. The van der Waals surface area contributed by atoms with Crippen LogP contribution >= 0.6 is 0 Å². The Bertz CT molecular complexity index is 7080. The number of nitrogens with zero attached hydrogens (tertiary/aromatic N) is 9. The van der Waals surface area contributed by atoms with Gasteiger partial charge in [-0.1, -0.05) is 110 Å². The number of methoxy groups -OCH3 is 1.